The Balaban J connectivity index is 3.12. The van der Waals surface area contributed by atoms with Gasteiger partial charge in [0.25, 0.3) is 6.26 Å². The first kappa shape index (κ1) is 10.3. The minimum absolute atomic E-state index is 0.667. The van der Waals surface area contributed by atoms with E-state index in [2.05, 4.69) is 6.58 Å². The summed E-state index contributed by atoms with van der Waals surface area (Å²) in [5, 5.41) is 8.45. The summed E-state index contributed by atoms with van der Waals surface area (Å²) in [7, 11) is 0. The van der Waals surface area contributed by atoms with E-state index in [4.69, 9.17) is 10.00 Å². The average Bonchev–Trinajstić information content (AvgIpc) is 2.12. The summed E-state index contributed by atoms with van der Waals surface area (Å²) in [5.74, 6) is 0.667. The molecule has 1 aromatic rings. The molecule has 0 aliphatic rings. The zero-order valence-electron chi connectivity index (χ0n) is 8.50. The van der Waals surface area contributed by atoms with E-state index in [0.717, 1.165) is 17.5 Å². The fourth-order valence-corrected chi connectivity index (χ4v) is 1.53. The predicted octanol–water partition coefficient (Wildman–Crippen LogP) is 2.89. The summed E-state index contributed by atoms with van der Waals surface area (Å²) >= 11 is 0. The molecule has 0 aliphatic heterocycles. The molecule has 0 aliphatic carbocycles. The second kappa shape index (κ2) is 4.48. The Morgan fingerprint density at radius 3 is 2.43 bits per heavy atom. The lowest BCUT2D eigenvalue weighted by Gasteiger charge is -2.08. The Kier molecular flexibility index (Phi) is 3.30. The normalized spacial score (nSPS) is 9.21. The molecule has 0 amide bonds. The van der Waals surface area contributed by atoms with Gasteiger partial charge in [-0.1, -0.05) is 18.2 Å². The predicted molar refractivity (Wildman–Crippen MR) is 56.1 cm³/mol. The van der Waals surface area contributed by atoms with Crippen LogP contribution >= 0.6 is 0 Å². The highest BCUT2D eigenvalue weighted by Gasteiger charge is 2.05. The maximum absolute atomic E-state index is 8.45. The molecule has 0 saturated carbocycles. The van der Waals surface area contributed by atoms with Crippen LogP contribution in [0.15, 0.2) is 24.8 Å². The number of rotatable bonds is 3. The van der Waals surface area contributed by atoms with Crippen LogP contribution in [0.2, 0.25) is 0 Å². The van der Waals surface area contributed by atoms with E-state index >= 15 is 0 Å². The Morgan fingerprint density at radius 1 is 1.43 bits per heavy atom. The molecule has 0 fully saturated rings. The Morgan fingerprint density at radius 2 is 2.00 bits per heavy atom. The molecule has 0 aromatic heterocycles. The van der Waals surface area contributed by atoms with Crippen molar-refractivity contribution in [2.45, 2.75) is 20.3 Å². The third kappa shape index (κ3) is 2.14. The summed E-state index contributed by atoms with van der Waals surface area (Å²) in [6.07, 6.45) is 4.40. The van der Waals surface area contributed by atoms with Gasteiger partial charge in [-0.05, 0) is 37.0 Å². The van der Waals surface area contributed by atoms with E-state index < -0.39 is 0 Å². The molecule has 2 nitrogen and oxygen atoms in total. The zero-order chi connectivity index (χ0) is 10.6. The summed E-state index contributed by atoms with van der Waals surface area (Å²) in [4.78, 5) is 0. The minimum Gasteiger partial charge on any atom is -0.387 e. The van der Waals surface area contributed by atoms with E-state index in [0.29, 0.717) is 5.75 Å². The van der Waals surface area contributed by atoms with E-state index in [1.165, 1.54) is 5.56 Å². The number of nitrogens with zero attached hydrogens (tertiary/aromatic N) is 1. The van der Waals surface area contributed by atoms with Crippen molar-refractivity contribution in [3.63, 3.8) is 0 Å². The molecule has 1 rings (SSSR count). The van der Waals surface area contributed by atoms with Crippen LogP contribution in [0.5, 0.6) is 5.75 Å². The number of ether oxygens (including phenoxy) is 1. The lowest BCUT2D eigenvalue weighted by Crippen LogP contribution is -1.93. The third-order valence-corrected chi connectivity index (χ3v) is 2.05. The van der Waals surface area contributed by atoms with Crippen LogP contribution in [-0.4, -0.2) is 0 Å². The highest BCUT2D eigenvalue weighted by atomic mass is 16.5. The van der Waals surface area contributed by atoms with Crippen molar-refractivity contribution in [1.29, 1.82) is 5.26 Å². The van der Waals surface area contributed by atoms with Crippen LogP contribution in [0.4, 0.5) is 0 Å². The summed E-state index contributed by atoms with van der Waals surface area (Å²) < 4.78 is 4.88. The van der Waals surface area contributed by atoms with Crippen LogP contribution in [0.25, 0.3) is 0 Å². The van der Waals surface area contributed by atoms with E-state index in [1.807, 2.05) is 32.1 Å². The Hall–Kier alpha value is -1.75. The van der Waals surface area contributed by atoms with Crippen molar-refractivity contribution in [3.8, 4) is 12.0 Å². The Labute approximate surface area is 84.4 Å². The largest absolute Gasteiger partial charge is 0.387 e. The topological polar surface area (TPSA) is 33.0 Å². The van der Waals surface area contributed by atoms with Crippen LogP contribution in [0, 0.1) is 25.4 Å². The van der Waals surface area contributed by atoms with Gasteiger partial charge in [0.05, 0.1) is 0 Å². The molecular formula is C12H13NO. The number of benzene rings is 1. The van der Waals surface area contributed by atoms with Gasteiger partial charge in [-0.3, -0.25) is 0 Å². The molecule has 1 aromatic carbocycles. The van der Waals surface area contributed by atoms with Crippen molar-refractivity contribution in [3.05, 3.63) is 41.5 Å². The second-order valence-corrected chi connectivity index (χ2v) is 3.24. The van der Waals surface area contributed by atoms with Crippen molar-refractivity contribution in [2.75, 3.05) is 0 Å². The second-order valence-electron chi connectivity index (χ2n) is 3.24. The fraction of sp³-hybridized carbons (Fsp3) is 0.250. The van der Waals surface area contributed by atoms with Crippen molar-refractivity contribution < 1.29 is 4.74 Å². The maximum atomic E-state index is 8.45. The number of hydrogen-bond acceptors (Lipinski definition) is 2. The van der Waals surface area contributed by atoms with E-state index in [9.17, 15) is 0 Å². The van der Waals surface area contributed by atoms with Gasteiger partial charge in [0.2, 0.25) is 0 Å². The average molecular weight is 187 g/mol. The number of hydrogen-bond donors (Lipinski definition) is 0. The van der Waals surface area contributed by atoms with Crippen LogP contribution in [0.3, 0.4) is 0 Å². The molecule has 0 atom stereocenters. The monoisotopic (exact) mass is 187 g/mol. The lowest BCUT2D eigenvalue weighted by atomic mass is 10.0. The van der Waals surface area contributed by atoms with Crippen molar-refractivity contribution in [2.24, 2.45) is 0 Å². The van der Waals surface area contributed by atoms with Gasteiger partial charge >= 0.3 is 0 Å². The van der Waals surface area contributed by atoms with Crippen LogP contribution < -0.4 is 4.74 Å². The van der Waals surface area contributed by atoms with Crippen molar-refractivity contribution >= 4 is 0 Å². The van der Waals surface area contributed by atoms with Gasteiger partial charge in [-0.25, -0.2) is 0 Å². The molecule has 2 heteroatoms. The molecule has 0 bridgehead atoms. The fourth-order valence-electron chi connectivity index (χ4n) is 1.53. The molecular weight excluding hydrogens is 174 g/mol. The summed E-state index contributed by atoms with van der Waals surface area (Å²) in [6, 6.07) is 4.03. The minimum atomic E-state index is 0.667. The van der Waals surface area contributed by atoms with Crippen LogP contribution in [-0.2, 0) is 6.42 Å². The number of aryl methyl sites for hydroxylation is 2. The molecule has 0 radical (unpaired) electrons. The van der Waals surface area contributed by atoms with Gasteiger partial charge in [0, 0.05) is 0 Å². The van der Waals surface area contributed by atoms with Gasteiger partial charge in [-0.15, -0.1) is 11.8 Å². The summed E-state index contributed by atoms with van der Waals surface area (Å²) in [5.41, 5.74) is 3.17. The van der Waals surface area contributed by atoms with Crippen molar-refractivity contribution in [1.82, 2.24) is 0 Å². The molecule has 0 N–H and O–H groups in total. The SMILES string of the molecule is C=CCc1cc(C)c(OC#N)c(C)c1. The highest BCUT2D eigenvalue weighted by Crippen LogP contribution is 2.24. The third-order valence-electron chi connectivity index (χ3n) is 2.05. The lowest BCUT2D eigenvalue weighted by molar-refractivity contribution is 0.499. The number of nitriles is 1. The van der Waals surface area contributed by atoms with Gasteiger partial charge < -0.3 is 4.74 Å². The van der Waals surface area contributed by atoms with Gasteiger partial charge in [-0.2, -0.15) is 0 Å². The highest BCUT2D eigenvalue weighted by molar-refractivity contribution is 5.44. The van der Waals surface area contributed by atoms with Crippen LogP contribution in [0.1, 0.15) is 16.7 Å². The first-order valence-corrected chi connectivity index (χ1v) is 4.46. The maximum Gasteiger partial charge on any atom is 0.292 e. The first-order valence-electron chi connectivity index (χ1n) is 4.46. The molecule has 0 unspecified atom stereocenters. The smallest absolute Gasteiger partial charge is 0.292 e. The quantitative estimate of drug-likeness (QED) is 0.538. The van der Waals surface area contributed by atoms with E-state index in [1.54, 1.807) is 6.26 Å². The standard InChI is InChI=1S/C12H13NO/c1-4-5-11-6-9(2)12(14-8-13)10(3)7-11/h4,6-7H,1,5H2,2-3H3. The van der Waals surface area contributed by atoms with Gasteiger partial charge in [0.15, 0.2) is 0 Å². The molecule has 72 valence electrons. The van der Waals surface area contributed by atoms with E-state index in [-0.39, 0.29) is 0 Å². The zero-order valence-corrected chi connectivity index (χ0v) is 8.50. The number of allylic oxidation sites excluding steroid dienone is 1. The Bertz CT molecular complexity index is 365. The molecule has 0 spiro atoms. The van der Waals surface area contributed by atoms with Gasteiger partial charge in [0.1, 0.15) is 5.75 Å². The molecule has 0 saturated heterocycles. The molecule has 14 heavy (non-hydrogen) atoms. The molecule has 0 heterocycles. The first-order chi connectivity index (χ1) is 6.69. The summed E-state index contributed by atoms with van der Waals surface area (Å²) in [6.45, 7) is 7.56.